The van der Waals surface area contributed by atoms with E-state index >= 15 is 0 Å². The van der Waals surface area contributed by atoms with E-state index in [1.165, 1.54) is 0 Å². The van der Waals surface area contributed by atoms with Crippen molar-refractivity contribution >= 4 is 17.5 Å². The van der Waals surface area contributed by atoms with Crippen LogP contribution in [0.25, 0.3) is 0 Å². The molecule has 6 nitrogen and oxygen atoms in total. The highest BCUT2D eigenvalue weighted by Gasteiger charge is 2.50. The molecular formula is C20H30N4O2. The summed E-state index contributed by atoms with van der Waals surface area (Å²) in [5.41, 5.74) is 4.16. The number of piperidine rings is 1. The molecule has 0 spiro atoms. The summed E-state index contributed by atoms with van der Waals surface area (Å²) >= 11 is 0. The number of anilines is 1. The lowest BCUT2D eigenvalue weighted by Gasteiger charge is -2.37. The van der Waals surface area contributed by atoms with Crippen LogP contribution in [0.1, 0.15) is 27.2 Å². The Morgan fingerprint density at radius 1 is 1.27 bits per heavy atom. The first-order valence-electron chi connectivity index (χ1n) is 9.66. The molecule has 2 N–H and O–H groups in total. The molecule has 3 atom stereocenters. The molecule has 3 unspecified atom stereocenters. The van der Waals surface area contributed by atoms with Gasteiger partial charge >= 0.3 is 0 Å². The number of hydrogen-bond donors (Lipinski definition) is 2. The molecule has 0 radical (unpaired) electrons. The molecule has 2 heterocycles. The highest BCUT2D eigenvalue weighted by atomic mass is 16.2. The lowest BCUT2D eigenvalue weighted by atomic mass is 9.84. The van der Waals surface area contributed by atoms with Gasteiger partial charge in [-0.05, 0) is 31.0 Å². The first-order valence-corrected chi connectivity index (χ1v) is 9.66. The highest BCUT2D eigenvalue weighted by molar-refractivity contribution is 5.98. The molecule has 2 aliphatic rings. The fraction of sp³-hybridized carbons (Fsp3) is 0.600. The van der Waals surface area contributed by atoms with Crippen molar-refractivity contribution in [2.24, 2.45) is 17.8 Å². The van der Waals surface area contributed by atoms with Gasteiger partial charge < -0.3 is 10.2 Å². The Hall–Kier alpha value is -1.92. The van der Waals surface area contributed by atoms with Crippen molar-refractivity contribution in [1.82, 2.24) is 15.6 Å². The number of para-hydroxylation sites is 1. The van der Waals surface area contributed by atoms with Gasteiger partial charge in [0.25, 0.3) is 0 Å². The van der Waals surface area contributed by atoms with Crippen LogP contribution in [0, 0.1) is 17.8 Å². The van der Waals surface area contributed by atoms with Crippen LogP contribution in [-0.4, -0.2) is 48.9 Å². The minimum Gasteiger partial charge on any atom is -0.356 e. The van der Waals surface area contributed by atoms with Gasteiger partial charge in [-0.25, -0.2) is 10.4 Å². The second-order valence-electron chi connectivity index (χ2n) is 7.70. The van der Waals surface area contributed by atoms with Crippen LogP contribution in [0.3, 0.4) is 0 Å². The van der Waals surface area contributed by atoms with Crippen molar-refractivity contribution in [3.63, 3.8) is 0 Å². The van der Waals surface area contributed by atoms with Gasteiger partial charge in [0.2, 0.25) is 11.8 Å². The van der Waals surface area contributed by atoms with Crippen LogP contribution in [0.2, 0.25) is 0 Å². The third kappa shape index (κ3) is 3.91. The molecule has 142 valence electrons. The minimum atomic E-state index is -0.224. The SMILES string of the molecule is CCN1CC(C(=O)NCCC(C)C)C2NN(c3ccccc3)C(=O)C2C1. The quantitative estimate of drug-likeness (QED) is 0.811. The largest absolute Gasteiger partial charge is 0.356 e. The zero-order chi connectivity index (χ0) is 18.7. The average molecular weight is 358 g/mol. The third-order valence-electron chi connectivity index (χ3n) is 5.41. The first-order chi connectivity index (χ1) is 12.5. The Kier molecular flexibility index (Phi) is 5.94. The number of hydrazine groups is 1. The fourth-order valence-electron chi connectivity index (χ4n) is 3.83. The number of carbonyl (C=O) groups is 2. The Morgan fingerprint density at radius 3 is 2.65 bits per heavy atom. The predicted molar refractivity (Wildman–Crippen MR) is 102 cm³/mol. The van der Waals surface area contributed by atoms with Crippen LogP contribution in [-0.2, 0) is 9.59 Å². The van der Waals surface area contributed by atoms with E-state index in [0.717, 1.165) is 18.7 Å². The Balaban J connectivity index is 1.75. The van der Waals surface area contributed by atoms with E-state index in [0.29, 0.717) is 25.6 Å². The number of carbonyl (C=O) groups excluding carboxylic acids is 2. The first kappa shape index (κ1) is 18.9. The van der Waals surface area contributed by atoms with Crippen molar-refractivity contribution < 1.29 is 9.59 Å². The van der Waals surface area contributed by atoms with Gasteiger partial charge in [0.15, 0.2) is 0 Å². The van der Waals surface area contributed by atoms with Gasteiger partial charge in [0, 0.05) is 19.6 Å². The van der Waals surface area contributed by atoms with Gasteiger partial charge in [-0.1, -0.05) is 39.0 Å². The Morgan fingerprint density at radius 2 is 2.00 bits per heavy atom. The van der Waals surface area contributed by atoms with Crippen molar-refractivity contribution in [1.29, 1.82) is 0 Å². The van der Waals surface area contributed by atoms with E-state index in [1.807, 2.05) is 30.3 Å². The van der Waals surface area contributed by atoms with Crippen molar-refractivity contribution in [3.8, 4) is 0 Å². The maximum Gasteiger partial charge on any atom is 0.247 e. The third-order valence-corrected chi connectivity index (χ3v) is 5.41. The fourth-order valence-corrected chi connectivity index (χ4v) is 3.83. The van der Waals surface area contributed by atoms with E-state index in [4.69, 9.17) is 0 Å². The van der Waals surface area contributed by atoms with Gasteiger partial charge in [-0.2, -0.15) is 0 Å². The van der Waals surface area contributed by atoms with Gasteiger partial charge in [0.05, 0.1) is 23.6 Å². The van der Waals surface area contributed by atoms with Gasteiger partial charge in [-0.3, -0.25) is 9.59 Å². The number of benzene rings is 1. The standard InChI is InChI=1S/C20H30N4O2/c1-4-23-12-16(19(25)21-11-10-14(2)3)18-17(13-23)20(26)24(22-18)15-8-6-5-7-9-15/h5-9,14,16-18,22H,4,10-13H2,1-3H3,(H,21,25). The summed E-state index contributed by atoms with van der Waals surface area (Å²) in [5, 5.41) is 4.70. The molecule has 0 aromatic heterocycles. The van der Waals surface area contributed by atoms with Crippen LogP contribution < -0.4 is 15.8 Å². The zero-order valence-electron chi connectivity index (χ0n) is 15.9. The van der Waals surface area contributed by atoms with Crippen LogP contribution in [0.5, 0.6) is 0 Å². The topological polar surface area (TPSA) is 64.7 Å². The maximum absolute atomic E-state index is 13.0. The number of likely N-dealkylation sites (tertiary alicyclic amines) is 1. The van der Waals surface area contributed by atoms with Gasteiger partial charge in [-0.15, -0.1) is 0 Å². The smallest absolute Gasteiger partial charge is 0.247 e. The molecule has 0 bridgehead atoms. The summed E-state index contributed by atoms with van der Waals surface area (Å²) < 4.78 is 0. The lowest BCUT2D eigenvalue weighted by molar-refractivity contribution is -0.129. The summed E-state index contributed by atoms with van der Waals surface area (Å²) in [5.74, 6) is 0.248. The number of nitrogens with zero attached hydrogens (tertiary/aromatic N) is 2. The molecule has 1 aromatic carbocycles. The van der Waals surface area contributed by atoms with E-state index < -0.39 is 0 Å². The molecular weight excluding hydrogens is 328 g/mol. The summed E-state index contributed by atoms with van der Waals surface area (Å²) in [6.07, 6.45) is 0.965. The minimum absolute atomic E-state index is 0.0500. The predicted octanol–water partition coefficient (Wildman–Crippen LogP) is 1.64. The van der Waals surface area contributed by atoms with Crippen molar-refractivity contribution in [3.05, 3.63) is 30.3 Å². The van der Waals surface area contributed by atoms with Gasteiger partial charge in [0.1, 0.15) is 0 Å². The summed E-state index contributed by atoms with van der Waals surface area (Å²) in [6.45, 7) is 9.30. The van der Waals surface area contributed by atoms with Crippen molar-refractivity contribution in [2.45, 2.75) is 33.2 Å². The average Bonchev–Trinajstić information content (AvgIpc) is 2.98. The van der Waals surface area contributed by atoms with E-state index in [9.17, 15) is 9.59 Å². The van der Waals surface area contributed by atoms with Crippen LogP contribution >= 0.6 is 0 Å². The molecule has 0 aliphatic carbocycles. The molecule has 6 heteroatoms. The van der Waals surface area contributed by atoms with E-state index in [-0.39, 0.29) is 29.7 Å². The molecule has 2 fully saturated rings. The molecule has 3 rings (SSSR count). The lowest BCUT2D eigenvalue weighted by Crippen LogP contribution is -2.57. The van der Waals surface area contributed by atoms with E-state index in [1.54, 1.807) is 5.01 Å². The number of rotatable bonds is 6. The summed E-state index contributed by atoms with van der Waals surface area (Å²) in [4.78, 5) is 28.0. The number of hydrogen-bond acceptors (Lipinski definition) is 4. The molecule has 0 saturated carbocycles. The summed E-state index contributed by atoms with van der Waals surface area (Å²) in [7, 11) is 0. The van der Waals surface area contributed by atoms with Crippen LogP contribution in [0.4, 0.5) is 5.69 Å². The monoisotopic (exact) mass is 358 g/mol. The highest BCUT2D eigenvalue weighted by Crippen LogP contribution is 2.31. The Labute approximate surface area is 155 Å². The molecule has 2 saturated heterocycles. The van der Waals surface area contributed by atoms with E-state index in [2.05, 4.69) is 36.4 Å². The molecule has 2 aliphatic heterocycles. The second kappa shape index (κ2) is 8.18. The Bertz CT molecular complexity index is 634. The maximum atomic E-state index is 13.0. The molecule has 26 heavy (non-hydrogen) atoms. The molecule has 1 aromatic rings. The van der Waals surface area contributed by atoms with Crippen molar-refractivity contribution in [2.75, 3.05) is 31.2 Å². The normalized spacial score (nSPS) is 26.2. The second-order valence-corrected chi connectivity index (χ2v) is 7.70. The molecule has 2 amide bonds. The van der Waals surface area contributed by atoms with Crippen LogP contribution in [0.15, 0.2) is 30.3 Å². The number of amides is 2. The zero-order valence-corrected chi connectivity index (χ0v) is 15.9. The number of fused-ring (bicyclic) bond motifs is 1. The summed E-state index contributed by atoms with van der Waals surface area (Å²) in [6, 6.07) is 9.45. The number of nitrogens with one attached hydrogen (secondary N) is 2.